The largest absolute Gasteiger partial charge is 0.335 e. The van der Waals surface area contributed by atoms with Gasteiger partial charge in [0, 0.05) is 14.1 Å². The van der Waals surface area contributed by atoms with E-state index in [9.17, 15) is 19.2 Å². The van der Waals surface area contributed by atoms with E-state index in [2.05, 4.69) is 5.32 Å². The lowest BCUT2D eigenvalue weighted by molar-refractivity contribution is -0.122. The van der Waals surface area contributed by atoms with Gasteiger partial charge in [0.15, 0.2) is 0 Å². The van der Waals surface area contributed by atoms with Gasteiger partial charge in [-0.05, 0) is 35.9 Å². The minimum Gasteiger partial charge on any atom is -0.295 e. The summed E-state index contributed by atoms with van der Waals surface area (Å²) < 4.78 is 3.00. The monoisotopic (exact) mass is 376 g/mol. The molecule has 1 aromatic heterocycles. The normalized spacial score (nSPS) is 16.1. The van der Waals surface area contributed by atoms with Crippen LogP contribution < -0.4 is 15.9 Å². The van der Waals surface area contributed by atoms with Gasteiger partial charge >= 0.3 is 11.7 Å². The molecule has 1 N–H and O–H groups in total. The van der Waals surface area contributed by atoms with E-state index >= 15 is 0 Å². The van der Waals surface area contributed by atoms with Crippen LogP contribution in [0.2, 0.25) is 0 Å². The number of para-hydroxylation sites is 1. The number of hydrogen-bond acceptors (Lipinski definition) is 4. The number of urea groups is 1. The Labute approximate surface area is 159 Å². The molecule has 1 aliphatic rings. The molecule has 8 heteroatoms. The number of aromatic nitrogens is 2. The lowest BCUT2D eigenvalue weighted by Gasteiger charge is -2.26. The number of nitrogens with zero attached hydrogens (tertiary/aromatic N) is 3. The summed E-state index contributed by atoms with van der Waals surface area (Å²) in [6, 6.07) is 12.7. The molecule has 0 saturated carbocycles. The molecule has 1 fully saturated rings. The number of carbonyl (C=O) groups is 3. The zero-order valence-corrected chi connectivity index (χ0v) is 15.2. The van der Waals surface area contributed by atoms with E-state index in [1.54, 1.807) is 62.6 Å². The van der Waals surface area contributed by atoms with Crippen molar-refractivity contribution in [2.24, 2.45) is 14.1 Å². The van der Waals surface area contributed by atoms with E-state index < -0.39 is 17.8 Å². The fraction of sp³-hybridized carbons (Fsp3) is 0.100. The molecular formula is C20H16N4O4. The summed E-state index contributed by atoms with van der Waals surface area (Å²) in [6.45, 7) is 0. The Morgan fingerprint density at radius 1 is 0.857 bits per heavy atom. The summed E-state index contributed by atoms with van der Waals surface area (Å²) in [5.41, 5.74) is 1.99. The number of benzene rings is 2. The molecule has 0 atom stereocenters. The standard InChI is InChI=1S/C20H16N4O4/c1-22-15-9-8-12(11-16(15)23(2)20(22)28)10-14-17(25)21-19(27)24(18(14)26)13-6-4-3-5-7-13/h3-11H,1-2H3,(H,21,25,27)/b14-10+. The SMILES string of the molecule is Cn1c(=O)n(C)c2cc(/C=C3\C(=O)NC(=O)N(c4ccccc4)C3=O)ccc21. The number of barbiturate groups is 1. The Kier molecular flexibility index (Phi) is 3.96. The van der Waals surface area contributed by atoms with E-state index in [4.69, 9.17) is 0 Å². The van der Waals surface area contributed by atoms with Crippen molar-refractivity contribution in [1.82, 2.24) is 14.5 Å². The number of fused-ring (bicyclic) bond motifs is 1. The lowest BCUT2D eigenvalue weighted by Crippen LogP contribution is -2.54. The van der Waals surface area contributed by atoms with Gasteiger partial charge in [-0.2, -0.15) is 0 Å². The Morgan fingerprint density at radius 2 is 1.54 bits per heavy atom. The zero-order valence-electron chi connectivity index (χ0n) is 15.2. The van der Waals surface area contributed by atoms with E-state index in [0.717, 1.165) is 10.4 Å². The Hall–Kier alpha value is -3.94. The fourth-order valence-corrected chi connectivity index (χ4v) is 3.25. The van der Waals surface area contributed by atoms with E-state index in [0.29, 0.717) is 16.8 Å². The van der Waals surface area contributed by atoms with E-state index in [1.165, 1.54) is 15.2 Å². The van der Waals surface area contributed by atoms with Gasteiger partial charge in [-0.3, -0.25) is 24.0 Å². The summed E-state index contributed by atoms with van der Waals surface area (Å²) in [4.78, 5) is 50.3. The Balaban J connectivity index is 1.80. The molecule has 140 valence electrons. The molecule has 8 nitrogen and oxygen atoms in total. The molecule has 4 amide bonds. The number of nitrogens with one attached hydrogen (secondary N) is 1. The highest BCUT2D eigenvalue weighted by Crippen LogP contribution is 2.22. The minimum atomic E-state index is -0.792. The second kappa shape index (κ2) is 6.34. The molecule has 2 aromatic carbocycles. The maximum Gasteiger partial charge on any atom is 0.335 e. The first-order valence-electron chi connectivity index (χ1n) is 8.50. The molecule has 0 bridgehead atoms. The second-order valence-electron chi connectivity index (χ2n) is 6.44. The summed E-state index contributed by atoms with van der Waals surface area (Å²) in [5, 5.41) is 2.19. The number of carbonyl (C=O) groups excluding carboxylic acids is 3. The number of hydrogen-bond donors (Lipinski definition) is 1. The number of aryl methyl sites for hydroxylation is 2. The van der Waals surface area contributed by atoms with Gasteiger partial charge in [0.05, 0.1) is 16.7 Å². The van der Waals surface area contributed by atoms with Crippen LogP contribution in [0.1, 0.15) is 5.56 Å². The minimum absolute atomic E-state index is 0.163. The van der Waals surface area contributed by atoms with Crippen molar-refractivity contribution in [2.75, 3.05) is 4.90 Å². The molecule has 3 aromatic rings. The summed E-state index contributed by atoms with van der Waals surface area (Å²) in [6.07, 6.45) is 1.41. The van der Waals surface area contributed by atoms with Crippen molar-refractivity contribution in [3.63, 3.8) is 0 Å². The van der Waals surface area contributed by atoms with Crippen LogP contribution in [0.15, 0.2) is 58.9 Å². The average Bonchev–Trinajstić information content (AvgIpc) is 2.90. The fourth-order valence-electron chi connectivity index (χ4n) is 3.25. The molecule has 0 radical (unpaired) electrons. The van der Waals surface area contributed by atoms with Crippen LogP contribution in [0.5, 0.6) is 0 Å². The average molecular weight is 376 g/mol. The number of amides is 4. The molecule has 2 heterocycles. The van der Waals surface area contributed by atoms with Gasteiger partial charge in [0.25, 0.3) is 11.8 Å². The predicted molar refractivity (Wildman–Crippen MR) is 104 cm³/mol. The maximum atomic E-state index is 12.9. The number of rotatable bonds is 2. The van der Waals surface area contributed by atoms with Gasteiger partial charge in [-0.25, -0.2) is 14.5 Å². The molecule has 0 spiro atoms. The van der Waals surface area contributed by atoms with Crippen molar-refractivity contribution in [3.8, 4) is 0 Å². The van der Waals surface area contributed by atoms with E-state index in [1.807, 2.05) is 0 Å². The molecule has 28 heavy (non-hydrogen) atoms. The van der Waals surface area contributed by atoms with Crippen LogP contribution in [0.25, 0.3) is 17.1 Å². The van der Waals surface area contributed by atoms with Crippen LogP contribution in [0.3, 0.4) is 0 Å². The van der Waals surface area contributed by atoms with Gasteiger partial charge in [-0.15, -0.1) is 0 Å². The third-order valence-corrected chi connectivity index (χ3v) is 4.72. The Bertz CT molecular complexity index is 1230. The summed E-state index contributed by atoms with van der Waals surface area (Å²) >= 11 is 0. The van der Waals surface area contributed by atoms with Crippen LogP contribution >= 0.6 is 0 Å². The smallest absolute Gasteiger partial charge is 0.295 e. The molecule has 1 aliphatic heterocycles. The molecule has 4 rings (SSSR count). The van der Waals surface area contributed by atoms with Gasteiger partial charge in [0.1, 0.15) is 5.57 Å². The summed E-state index contributed by atoms with van der Waals surface area (Å²) in [7, 11) is 3.32. The number of imidazole rings is 1. The van der Waals surface area contributed by atoms with Crippen molar-refractivity contribution in [3.05, 3.63) is 70.2 Å². The number of imide groups is 2. The quantitative estimate of drug-likeness (QED) is 0.542. The first-order chi connectivity index (χ1) is 13.4. The molecule has 0 aliphatic carbocycles. The third kappa shape index (κ3) is 2.62. The van der Waals surface area contributed by atoms with E-state index in [-0.39, 0.29) is 11.3 Å². The van der Waals surface area contributed by atoms with Crippen molar-refractivity contribution in [2.45, 2.75) is 0 Å². The van der Waals surface area contributed by atoms with Crippen LogP contribution in [0.4, 0.5) is 10.5 Å². The van der Waals surface area contributed by atoms with Crippen LogP contribution in [-0.2, 0) is 23.7 Å². The van der Waals surface area contributed by atoms with Gasteiger partial charge in [-0.1, -0.05) is 24.3 Å². The van der Waals surface area contributed by atoms with Gasteiger partial charge < -0.3 is 0 Å². The topological polar surface area (TPSA) is 93.4 Å². The third-order valence-electron chi connectivity index (χ3n) is 4.72. The maximum absolute atomic E-state index is 12.9. The van der Waals surface area contributed by atoms with Crippen LogP contribution in [-0.4, -0.2) is 27.0 Å². The molecule has 0 unspecified atom stereocenters. The molecule has 1 saturated heterocycles. The summed E-state index contributed by atoms with van der Waals surface area (Å²) in [5.74, 6) is -1.47. The number of anilines is 1. The highest BCUT2D eigenvalue weighted by Gasteiger charge is 2.36. The predicted octanol–water partition coefficient (Wildman–Crippen LogP) is 1.54. The molecular weight excluding hydrogens is 360 g/mol. The lowest BCUT2D eigenvalue weighted by atomic mass is 10.1. The van der Waals surface area contributed by atoms with Crippen LogP contribution in [0, 0.1) is 0 Å². The van der Waals surface area contributed by atoms with Gasteiger partial charge in [0.2, 0.25) is 0 Å². The first-order valence-corrected chi connectivity index (χ1v) is 8.50. The highest BCUT2D eigenvalue weighted by molar-refractivity contribution is 6.39. The first kappa shape index (κ1) is 17.5. The van der Waals surface area contributed by atoms with Crippen molar-refractivity contribution >= 4 is 40.6 Å². The Morgan fingerprint density at radius 3 is 2.25 bits per heavy atom. The highest BCUT2D eigenvalue weighted by atomic mass is 16.2. The second-order valence-corrected chi connectivity index (χ2v) is 6.44. The zero-order chi connectivity index (χ0) is 20.0. The van der Waals surface area contributed by atoms with Crippen molar-refractivity contribution < 1.29 is 14.4 Å². The van der Waals surface area contributed by atoms with Crippen molar-refractivity contribution in [1.29, 1.82) is 0 Å².